The van der Waals surface area contributed by atoms with Crippen LogP contribution < -0.4 is 5.73 Å². The molecule has 1 aromatic carbocycles. The van der Waals surface area contributed by atoms with Crippen molar-refractivity contribution in [3.05, 3.63) is 41.5 Å². The van der Waals surface area contributed by atoms with Gasteiger partial charge in [0.15, 0.2) is 0 Å². The van der Waals surface area contributed by atoms with Gasteiger partial charge in [0.2, 0.25) is 5.91 Å². The summed E-state index contributed by atoms with van der Waals surface area (Å²) in [6, 6.07) is 10.1. The molecule has 0 atom stereocenters. The summed E-state index contributed by atoms with van der Waals surface area (Å²) in [7, 11) is 2.08. The van der Waals surface area contributed by atoms with Gasteiger partial charge in [-0.05, 0) is 31.0 Å². The van der Waals surface area contributed by atoms with Gasteiger partial charge in [0.1, 0.15) is 0 Å². The van der Waals surface area contributed by atoms with Gasteiger partial charge in [0.25, 0.3) is 0 Å². The Morgan fingerprint density at radius 3 is 2.47 bits per heavy atom. The third-order valence-electron chi connectivity index (χ3n) is 3.27. The molecule has 90 valence electrons. The smallest absolute Gasteiger partial charge is 0.244 e. The summed E-state index contributed by atoms with van der Waals surface area (Å²) in [5, 5.41) is 0. The highest BCUT2D eigenvalue weighted by atomic mass is 16.1. The molecule has 3 heteroatoms. The minimum absolute atomic E-state index is 0.279. The molecule has 0 unspecified atom stereocenters. The van der Waals surface area contributed by atoms with E-state index in [9.17, 15) is 4.79 Å². The zero-order valence-corrected chi connectivity index (χ0v) is 10.1. The fraction of sp³-hybridized carbons (Fsp3) is 0.357. The van der Waals surface area contributed by atoms with E-state index in [1.165, 1.54) is 0 Å². The van der Waals surface area contributed by atoms with Crippen molar-refractivity contribution in [2.45, 2.75) is 12.8 Å². The number of hydrogen-bond acceptors (Lipinski definition) is 2. The lowest BCUT2D eigenvalue weighted by Crippen LogP contribution is -2.20. The van der Waals surface area contributed by atoms with Crippen molar-refractivity contribution in [2.24, 2.45) is 5.73 Å². The van der Waals surface area contributed by atoms with Gasteiger partial charge in [-0.25, -0.2) is 0 Å². The Morgan fingerprint density at radius 2 is 1.82 bits per heavy atom. The second-order valence-electron chi connectivity index (χ2n) is 4.49. The lowest BCUT2D eigenvalue weighted by Gasteiger charge is -2.12. The van der Waals surface area contributed by atoms with Crippen LogP contribution in [0.5, 0.6) is 0 Å². The molecule has 1 aliphatic rings. The summed E-state index contributed by atoms with van der Waals surface area (Å²) >= 11 is 0. The monoisotopic (exact) mass is 230 g/mol. The van der Waals surface area contributed by atoms with Gasteiger partial charge in [-0.2, -0.15) is 0 Å². The Kier molecular flexibility index (Phi) is 3.59. The van der Waals surface area contributed by atoms with Crippen LogP contribution in [0.1, 0.15) is 18.4 Å². The van der Waals surface area contributed by atoms with E-state index in [2.05, 4.69) is 11.9 Å². The molecule has 1 amide bonds. The zero-order chi connectivity index (χ0) is 12.3. The van der Waals surface area contributed by atoms with Crippen molar-refractivity contribution < 1.29 is 4.79 Å². The number of nitrogens with zero attached hydrogens (tertiary/aromatic N) is 1. The van der Waals surface area contributed by atoms with E-state index in [0.717, 1.165) is 42.6 Å². The van der Waals surface area contributed by atoms with E-state index in [1.54, 1.807) is 0 Å². The first-order valence-electron chi connectivity index (χ1n) is 5.94. The summed E-state index contributed by atoms with van der Waals surface area (Å²) < 4.78 is 0. The molecule has 0 saturated carbocycles. The molecular formula is C14H18N2O. The van der Waals surface area contributed by atoms with E-state index in [4.69, 9.17) is 5.73 Å². The predicted octanol–water partition coefficient (Wildman–Crippen LogP) is 1.65. The maximum atomic E-state index is 11.5. The predicted molar refractivity (Wildman–Crippen MR) is 69.3 cm³/mol. The third kappa shape index (κ3) is 2.74. The van der Waals surface area contributed by atoms with Crippen molar-refractivity contribution in [2.75, 3.05) is 20.1 Å². The lowest BCUT2D eigenvalue weighted by atomic mass is 9.96. The van der Waals surface area contributed by atoms with Crippen LogP contribution in [-0.2, 0) is 4.79 Å². The third-order valence-corrected chi connectivity index (χ3v) is 3.27. The molecule has 0 aliphatic carbocycles. The Balaban J connectivity index is 2.40. The summed E-state index contributed by atoms with van der Waals surface area (Å²) in [5.74, 6) is -0.279. The minimum Gasteiger partial charge on any atom is -0.366 e. The molecule has 1 heterocycles. The van der Waals surface area contributed by atoms with Gasteiger partial charge in [0, 0.05) is 18.7 Å². The van der Waals surface area contributed by atoms with Crippen molar-refractivity contribution in [3.8, 4) is 0 Å². The van der Waals surface area contributed by atoms with Crippen LogP contribution in [-0.4, -0.2) is 30.9 Å². The minimum atomic E-state index is -0.279. The first-order chi connectivity index (χ1) is 8.18. The average Bonchev–Trinajstić information content (AvgIpc) is 2.52. The molecule has 1 aliphatic heterocycles. The second kappa shape index (κ2) is 5.15. The highest BCUT2D eigenvalue weighted by molar-refractivity contribution is 6.00. The van der Waals surface area contributed by atoms with Gasteiger partial charge in [-0.1, -0.05) is 30.3 Å². The van der Waals surface area contributed by atoms with Crippen molar-refractivity contribution in [1.82, 2.24) is 4.90 Å². The van der Waals surface area contributed by atoms with Gasteiger partial charge < -0.3 is 10.6 Å². The first-order valence-corrected chi connectivity index (χ1v) is 5.94. The maximum Gasteiger partial charge on any atom is 0.244 e. The first kappa shape index (κ1) is 11.9. The SMILES string of the molecule is CN1CCC(C(N)=O)=C(c2ccccc2)CC1. The van der Waals surface area contributed by atoms with Gasteiger partial charge >= 0.3 is 0 Å². The quantitative estimate of drug-likeness (QED) is 0.839. The van der Waals surface area contributed by atoms with Crippen LogP contribution in [0, 0.1) is 0 Å². The molecule has 0 radical (unpaired) electrons. The summed E-state index contributed by atoms with van der Waals surface area (Å²) in [6.45, 7) is 1.87. The second-order valence-corrected chi connectivity index (χ2v) is 4.49. The topological polar surface area (TPSA) is 46.3 Å². The van der Waals surface area contributed by atoms with E-state index in [1.807, 2.05) is 30.3 Å². The number of rotatable bonds is 2. The van der Waals surface area contributed by atoms with Crippen LogP contribution in [0.4, 0.5) is 0 Å². The molecule has 0 saturated heterocycles. The van der Waals surface area contributed by atoms with E-state index < -0.39 is 0 Å². The van der Waals surface area contributed by atoms with Crippen LogP contribution >= 0.6 is 0 Å². The van der Waals surface area contributed by atoms with Crippen LogP contribution in [0.3, 0.4) is 0 Å². The molecular weight excluding hydrogens is 212 g/mol. The number of carbonyl (C=O) groups is 1. The number of nitrogens with two attached hydrogens (primary N) is 1. The van der Waals surface area contributed by atoms with Gasteiger partial charge in [-0.15, -0.1) is 0 Å². The van der Waals surface area contributed by atoms with Crippen LogP contribution in [0.15, 0.2) is 35.9 Å². The molecule has 3 nitrogen and oxygen atoms in total. The van der Waals surface area contributed by atoms with Crippen molar-refractivity contribution in [1.29, 1.82) is 0 Å². The molecule has 2 N–H and O–H groups in total. The summed E-state index contributed by atoms with van der Waals surface area (Å²) in [4.78, 5) is 13.8. The number of primary amides is 1. The number of carbonyl (C=O) groups excluding carboxylic acids is 1. The van der Waals surface area contributed by atoms with Gasteiger partial charge in [-0.3, -0.25) is 4.79 Å². The zero-order valence-electron chi connectivity index (χ0n) is 10.1. The van der Waals surface area contributed by atoms with Gasteiger partial charge in [0.05, 0.1) is 0 Å². The highest BCUT2D eigenvalue weighted by Crippen LogP contribution is 2.26. The Morgan fingerprint density at radius 1 is 1.18 bits per heavy atom. The molecule has 0 fully saturated rings. The average molecular weight is 230 g/mol. The fourth-order valence-corrected chi connectivity index (χ4v) is 2.25. The van der Waals surface area contributed by atoms with Crippen molar-refractivity contribution in [3.63, 3.8) is 0 Å². The van der Waals surface area contributed by atoms with E-state index in [0.29, 0.717) is 0 Å². The molecule has 1 aromatic rings. The lowest BCUT2D eigenvalue weighted by molar-refractivity contribution is -0.114. The Hall–Kier alpha value is -1.61. The number of hydrogen-bond donors (Lipinski definition) is 1. The van der Waals surface area contributed by atoms with Crippen LogP contribution in [0.2, 0.25) is 0 Å². The maximum absolute atomic E-state index is 11.5. The molecule has 0 spiro atoms. The normalized spacial score (nSPS) is 17.9. The van der Waals surface area contributed by atoms with E-state index >= 15 is 0 Å². The number of benzene rings is 1. The largest absolute Gasteiger partial charge is 0.366 e. The fourth-order valence-electron chi connectivity index (χ4n) is 2.25. The highest BCUT2D eigenvalue weighted by Gasteiger charge is 2.18. The Bertz CT molecular complexity index is 437. The van der Waals surface area contributed by atoms with Crippen LogP contribution in [0.25, 0.3) is 5.57 Å². The molecule has 0 aromatic heterocycles. The molecule has 0 bridgehead atoms. The molecule has 2 rings (SSSR count). The summed E-state index contributed by atoms with van der Waals surface area (Å²) in [6.07, 6.45) is 1.63. The van der Waals surface area contributed by atoms with E-state index in [-0.39, 0.29) is 5.91 Å². The number of amides is 1. The summed E-state index contributed by atoms with van der Waals surface area (Å²) in [5.41, 5.74) is 8.52. The Labute approximate surface area is 102 Å². The van der Waals surface area contributed by atoms with Crippen molar-refractivity contribution >= 4 is 11.5 Å². The molecule has 17 heavy (non-hydrogen) atoms. The standard InChI is InChI=1S/C14H18N2O/c1-16-9-7-12(11-5-3-2-4-6-11)13(8-10-16)14(15)17/h2-6H,7-10H2,1H3,(H2,15,17).